The molecule has 3 amide bonds. The number of urea groups is 1. The van der Waals surface area contributed by atoms with Gasteiger partial charge in [-0.15, -0.1) is 0 Å². The minimum Gasteiger partial charge on any atom is -0.449 e. The number of anilines is 1. The van der Waals surface area contributed by atoms with Gasteiger partial charge >= 0.3 is 6.03 Å². The first kappa shape index (κ1) is 17.9. The Morgan fingerprint density at radius 1 is 1.12 bits per heavy atom. The number of ether oxygens (including phenoxy) is 2. The van der Waals surface area contributed by atoms with Crippen molar-refractivity contribution in [1.29, 1.82) is 0 Å². The number of benzene rings is 1. The van der Waals surface area contributed by atoms with E-state index in [4.69, 9.17) is 9.47 Å². The van der Waals surface area contributed by atoms with E-state index in [9.17, 15) is 9.59 Å². The maximum atomic E-state index is 12.0. The molecule has 7 heteroatoms. The fraction of sp³-hybridized carbons (Fsp3) is 0.529. The summed E-state index contributed by atoms with van der Waals surface area (Å²) in [6, 6.07) is 4.12. The summed E-state index contributed by atoms with van der Waals surface area (Å²) in [6.45, 7) is 9.16. The molecule has 1 aromatic carbocycles. The summed E-state index contributed by atoms with van der Waals surface area (Å²) in [5, 5.41) is 8.12. The third kappa shape index (κ3) is 4.53. The van der Waals surface area contributed by atoms with Crippen molar-refractivity contribution in [3.8, 4) is 11.5 Å². The van der Waals surface area contributed by atoms with Crippen LogP contribution in [0.5, 0.6) is 11.5 Å². The molecular weight excluding hydrogens is 310 g/mol. The summed E-state index contributed by atoms with van der Waals surface area (Å²) in [6.07, 6.45) is 0.832. The number of rotatable bonds is 5. The molecule has 2 atom stereocenters. The van der Waals surface area contributed by atoms with Gasteiger partial charge in [0.25, 0.3) is 0 Å². The van der Waals surface area contributed by atoms with Gasteiger partial charge in [-0.1, -0.05) is 6.92 Å². The molecule has 3 N–H and O–H groups in total. The zero-order valence-electron chi connectivity index (χ0n) is 14.7. The van der Waals surface area contributed by atoms with Crippen molar-refractivity contribution in [2.75, 3.05) is 5.32 Å². The highest BCUT2D eigenvalue weighted by Crippen LogP contribution is 2.40. The second-order valence-corrected chi connectivity index (χ2v) is 6.40. The van der Waals surface area contributed by atoms with Crippen LogP contribution in [-0.4, -0.2) is 29.8 Å². The van der Waals surface area contributed by atoms with Crippen molar-refractivity contribution in [1.82, 2.24) is 10.6 Å². The maximum Gasteiger partial charge on any atom is 0.319 e. The van der Waals surface area contributed by atoms with E-state index in [0.29, 0.717) is 17.2 Å². The zero-order valence-corrected chi connectivity index (χ0v) is 14.7. The highest BCUT2D eigenvalue weighted by Gasteiger charge is 2.31. The molecule has 1 aromatic rings. The molecule has 1 heterocycles. The van der Waals surface area contributed by atoms with Crippen LogP contribution in [0.4, 0.5) is 10.5 Å². The lowest BCUT2D eigenvalue weighted by Gasteiger charge is -2.17. The minimum atomic E-state index is -0.716. The minimum absolute atomic E-state index is 0.0713. The maximum absolute atomic E-state index is 12.0. The molecule has 0 bridgehead atoms. The van der Waals surface area contributed by atoms with E-state index in [1.165, 1.54) is 0 Å². The Balaban J connectivity index is 1.90. The molecule has 0 spiro atoms. The van der Waals surface area contributed by atoms with Gasteiger partial charge in [0, 0.05) is 31.6 Å². The molecule has 0 aromatic heterocycles. The summed E-state index contributed by atoms with van der Waals surface area (Å²) >= 11 is 0. The highest BCUT2D eigenvalue weighted by molar-refractivity contribution is 5.93. The fourth-order valence-corrected chi connectivity index (χ4v) is 2.20. The molecule has 1 aliphatic heterocycles. The van der Waals surface area contributed by atoms with Crippen molar-refractivity contribution in [3.05, 3.63) is 18.2 Å². The van der Waals surface area contributed by atoms with Crippen LogP contribution >= 0.6 is 0 Å². The Morgan fingerprint density at radius 2 is 1.79 bits per heavy atom. The Labute approximate surface area is 142 Å². The summed E-state index contributed by atoms with van der Waals surface area (Å²) < 4.78 is 11.2. The molecule has 0 fully saturated rings. The van der Waals surface area contributed by atoms with Gasteiger partial charge in [0.1, 0.15) is 6.04 Å². The first-order chi connectivity index (χ1) is 11.2. The quantitative estimate of drug-likeness (QED) is 0.772. The van der Waals surface area contributed by atoms with E-state index in [-0.39, 0.29) is 11.9 Å². The van der Waals surface area contributed by atoms with Crippen molar-refractivity contribution in [2.45, 2.75) is 58.9 Å². The molecule has 7 nitrogen and oxygen atoms in total. The topological polar surface area (TPSA) is 88.7 Å². The van der Waals surface area contributed by atoms with E-state index in [1.54, 1.807) is 25.1 Å². The van der Waals surface area contributed by atoms with Gasteiger partial charge in [-0.25, -0.2) is 4.79 Å². The van der Waals surface area contributed by atoms with Gasteiger partial charge in [-0.05, 0) is 32.4 Å². The number of hydrogen-bond donors (Lipinski definition) is 3. The lowest BCUT2D eigenvalue weighted by molar-refractivity contribution is -0.123. The number of fused-ring (bicyclic) bond motifs is 1. The predicted molar refractivity (Wildman–Crippen MR) is 91.3 cm³/mol. The third-order valence-corrected chi connectivity index (χ3v) is 3.65. The van der Waals surface area contributed by atoms with Crippen LogP contribution in [0.1, 0.15) is 41.0 Å². The number of amides is 3. The molecular formula is C17H25N3O4. The Morgan fingerprint density at radius 3 is 2.46 bits per heavy atom. The molecule has 0 radical (unpaired) electrons. The molecule has 0 aliphatic carbocycles. The zero-order chi connectivity index (χ0) is 17.9. The van der Waals surface area contributed by atoms with E-state index >= 15 is 0 Å². The van der Waals surface area contributed by atoms with Gasteiger partial charge in [0.05, 0.1) is 0 Å². The molecule has 2 rings (SSSR count). The van der Waals surface area contributed by atoms with Crippen LogP contribution in [0.15, 0.2) is 18.2 Å². The van der Waals surface area contributed by atoms with Gasteiger partial charge in [-0.2, -0.15) is 0 Å². The summed E-state index contributed by atoms with van der Waals surface area (Å²) in [5.74, 6) is 0.269. The largest absolute Gasteiger partial charge is 0.449 e. The van der Waals surface area contributed by atoms with Crippen LogP contribution in [0, 0.1) is 0 Å². The lowest BCUT2D eigenvalue weighted by atomic mass is 10.2. The van der Waals surface area contributed by atoms with E-state index in [2.05, 4.69) is 16.0 Å². The normalized spacial score (nSPS) is 16.9. The summed E-state index contributed by atoms with van der Waals surface area (Å²) in [7, 11) is 0. The number of nitrogens with one attached hydrogen (secondary N) is 3. The van der Waals surface area contributed by atoms with Crippen molar-refractivity contribution in [3.63, 3.8) is 0 Å². The van der Waals surface area contributed by atoms with Gasteiger partial charge in [-0.3, -0.25) is 4.79 Å². The standard InChI is InChI=1S/C17H25N3O4/c1-6-10(2)18-15(21)11(3)19-16(22)20-12-7-8-13-14(9-12)24-17(4,5)23-13/h7-11H,6H2,1-5H3,(H,18,21)(H2,19,20,22)/t10-,11+/m0/s1. The Kier molecular flexibility index (Phi) is 5.21. The monoisotopic (exact) mass is 335 g/mol. The second-order valence-electron chi connectivity index (χ2n) is 6.40. The van der Waals surface area contributed by atoms with Crippen LogP contribution in [0.2, 0.25) is 0 Å². The molecule has 1 aliphatic rings. The highest BCUT2D eigenvalue weighted by atomic mass is 16.7. The van der Waals surface area contributed by atoms with Crippen LogP contribution < -0.4 is 25.4 Å². The van der Waals surface area contributed by atoms with E-state index in [0.717, 1.165) is 6.42 Å². The van der Waals surface area contributed by atoms with E-state index < -0.39 is 17.9 Å². The molecule has 24 heavy (non-hydrogen) atoms. The summed E-state index contributed by atoms with van der Waals surface area (Å²) in [5.41, 5.74) is 0.557. The average Bonchev–Trinajstić information content (AvgIpc) is 2.79. The first-order valence-electron chi connectivity index (χ1n) is 8.10. The molecule has 0 saturated heterocycles. The second kappa shape index (κ2) is 6.98. The van der Waals surface area contributed by atoms with E-state index in [1.807, 2.05) is 27.7 Å². The lowest BCUT2D eigenvalue weighted by Crippen LogP contribution is -2.48. The SMILES string of the molecule is CC[C@H](C)NC(=O)[C@@H](C)NC(=O)Nc1ccc2c(c1)OC(C)(C)O2. The predicted octanol–water partition coefficient (Wildman–Crippen LogP) is 2.62. The van der Waals surface area contributed by atoms with Gasteiger partial charge < -0.3 is 25.4 Å². The van der Waals surface area contributed by atoms with Crippen molar-refractivity contribution < 1.29 is 19.1 Å². The molecule has 0 saturated carbocycles. The summed E-state index contributed by atoms with van der Waals surface area (Å²) in [4.78, 5) is 24.0. The molecule has 0 unspecified atom stereocenters. The van der Waals surface area contributed by atoms with Gasteiger partial charge in [0.2, 0.25) is 11.7 Å². The van der Waals surface area contributed by atoms with Crippen LogP contribution in [0.25, 0.3) is 0 Å². The van der Waals surface area contributed by atoms with Gasteiger partial charge in [0.15, 0.2) is 11.5 Å². The van der Waals surface area contributed by atoms with Crippen LogP contribution in [-0.2, 0) is 4.79 Å². The third-order valence-electron chi connectivity index (χ3n) is 3.65. The Hall–Kier alpha value is -2.44. The number of carbonyl (C=O) groups excluding carboxylic acids is 2. The van der Waals surface area contributed by atoms with Crippen molar-refractivity contribution in [2.24, 2.45) is 0 Å². The number of hydrogen-bond acceptors (Lipinski definition) is 4. The average molecular weight is 335 g/mol. The van der Waals surface area contributed by atoms with Crippen molar-refractivity contribution >= 4 is 17.6 Å². The first-order valence-corrected chi connectivity index (χ1v) is 8.10. The Bertz CT molecular complexity index is 630. The van der Waals surface area contributed by atoms with Crippen LogP contribution in [0.3, 0.4) is 0 Å². The molecule has 132 valence electrons. The number of carbonyl (C=O) groups is 2. The fourth-order valence-electron chi connectivity index (χ4n) is 2.20. The smallest absolute Gasteiger partial charge is 0.319 e.